The fourth-order valence-corrected chi connectivity index (χ4v) is 2.46. The number of benzene rings is 1. The van der Waals surface area contributed by atoms with Gasteiger partial charge in [0.25, 0.3) is 5.69 Å². The van der Waals surface area contributed by atoms with E-state index in [1.54, 1.807) is 17.7 Å². The standard InChI is InChI=1S/C10H9ClN4O3S/c1-14-9(5-16)12-13-10(14)19-8-3-2-6(15(17)18)4-7(8)11/h2-4,16H,5H2,1H3. The Morgan fingerprint density at radius 1 is 1.53 bits per heavy atom. The van der Waals surface area contributed by atoms with Crippen LogP contribution in [0, 0.1) is 10.1 Å². The number of hydrogen-bond donors (Lipinski definition) is 1. The Morgan fingerprint density at radius 3 is 2.79 bits per heavy atom. The molecule has 19 heavy (non-hydrogen) atoms. The average molecular weight is 301 g/mol. The molecule has 100 valence electrons. The molecule has 0 fully saturated rings. The van der Waals surface area contributed by atoms with E-state index in [9.17, 15) is 10.1 Å². The van der Waals surface area contributed by atoms with Gasteiger partial charge < -0.3 is 9.67 Å². The van der Waals surface area contributed by atoms with Gasteiger partial charge in [0.2, 0.25) is 0 Å². The van der Waals surface area contributed by atoms with E-state index in [0.29, 0.717) is 15.9 Å². The van der Waals surface area contributed by atoms with Crippen LogP contribution >= 0.6 is 23.4 Å². The van der Waals surface area contributed by atoms with E-state index in [-0.39, 0.29) is 17.3 Å². The second kappa shape index (κ2) is 5.55. The zero-order valence-corrected chi connectivity index (χ0v) is 11.4. The van der Waals surface area contributed by atoms with Crippen LogP contribution in [0.2, 0.25) is 5.02 Å². The molecule has 2 aromatic rings. The molecule has 0 aliphatic rings. The van der Waals surface area contributed by atoms with Gasteiger partial charge in [-0.25, -0.2) is 0 Å². The van der Waals surface area contributed by atoms with Crippen LogP contribution in [-0.4, -0.2) is 24.8 Å². The number of aliphatic hydroxyl groups is 1. The van der Waals surface area contributed by atoms with Crippen LogP contribution in [0.5, 0.6) is 0 Å². The van der Waals surface area contributed by atoms with Gasteiger partial charge in [-0.2, -0.15) is 0 Å². The van der Waals surface area contributed by atoms with E-state index in [0.717, 1.165) is 0 Å². The van der Waals surface area contributed by atoms with Gasteiger partial charge in [-0.1, -0.05) is 11.6 Å². The van der Waals surface area contributed by atoms with Crippen molar-refractivity contribution < 1.29 is 10.0 Å². The monoisotopic (exact) mass is 300 g/mol. The lowest BCUT2D eigenvalue weighted by Crippen LogP contribution is -1.98. The summed E-state index contributed by atoms with van der Waals surface area (Å²) in [7, 11) is 1.72. The van der Waals surface area contributed by atoms with E-state index < -0.39 is 4.92 Å². The van der Waals surface area contributed by atoms with Gasteiger partial charge in [0.05, 0.1) is 9.95 Å². The van der Waals surface area contributed by atoms with Gasteiger partial charge in [0, 0.05) is 24.1 Å². The summed E-state index contributed by atoms with van der Waals surface area (Å²) in [5.74, 6) is 0.431. The van der Waals surface area contributed by atoms with E-state index in [4.69, 9.17) is 16.7 Å². The number of aromatic nitrogens is 3. The number of hydrogen-bond acceptors (Lipinski definition) is 6. The molecule has 0 saturated carbocycles. The van der Waals surface area contributed by atoms with Crippen LogP contribution in [0.4, 0.5) is 5.69 Å². The smallest absolute Gasteiger partial charge is 0.270 e. The van der Waals surface area contributed by atoms with Gasteiger partial charge in [0.15, 0.2) is 11.0 Å². The molecular formula is C10H9ClN4O3S. The summed E-state index contributed by atoms with van der Waals surface area (Å²) in [6, 6.07) is 4.21. The van der Waals surface area contributed by atoms with Crippen molar-refractivity contribution in [1.29, 1.82) is 0 Å². The lowest BCUT2D eigenvalue weighted by molar-refractivity contribution is -0.384. The molecule has 9 heteroatoms. The predicted molar refractivity (Wildman–Crippen MR) is 69.2 cm³/mol. The minimum absolute atomic E-state index is 0.0663. The first-order valence-corrected chi connectivity index (χ1v) is 6.33. The third kappa shape index (κ3) is 2.86. The average Bonchev–Trinajstić information content (AvgIpc) is 2.72. The predicted octanol–water partition coefficient (Wildman–Crippen LogP) is 2.02. The van der Waals surface area contributed by atoms with E-state index in [1.807, 2.05) is 0 Å². The maximum absolute atomic E-state index is 10.6. The molecule has 0 aliphatic carbocycles. The summed E-state index contributed by atoms with van der Waals surface area (Å²) in [6.45, 7) is -0.210. The fourth-order valence-electron chi connectivity index (χ4n) is 1.36. The maximum atomic E-state index is 10.6. The molecule has 1 aromatic heterocycles. The molecule has 0 bridgehead atoms. The summed E-state index contributed by atoms with van der Waals surface area (Å²) < 4.78 is 1.63. The van der Waals surface area contributed by atoms with Crippen molar-refractivity contribution in [3.05, 3.63) is 39.2 Å². The van der Waals surface area contributed by atoms with Crippen LogP contribution in [0.1, 0.15) is 5.82 Å². The lowest BCUT2D eigenvalue weighted by atomic mass is 10.3. The quantitative estimate of drug-likeness (QED) is 0.685. The zero-order valence-electron chi connectivity index (χ0n) is 9.78. The topological polar surface area (TPSA) is 94.1 Å². The Balaban J connectivity index is 2.28. The molecule has 0 atom stereocenters. The summed E-state index contributed by atoms with van der Waals surface area (Å²) in [4.78, 5) is 10.7. The van der Waals surface area contributed by atoms with E-state index >= 15 is 0 Å². The number of rotatable bonds is 4. The minimum atomic E-state index is -0.507. The van der Waals surface area contributed by atoms with Crippen molar-refractivity contribution in [2.45, 2.75) is 16.7 Å². The Hall–Kier alpha value is -1.64. The Bertz CT molecular complexity index is 631. The van der Waals surface area contributed by atoms with Crippen LogP contribution in [0.25, 0.3) is 0 Å². The highest BCUT2D eigenvalue weighted by Crippen LogP contribution is 2.34. The number of nitro groups is 1. The number of non-ortho nitro benzene ring substituents is 1. The molecule has 2 rings (SSSR count). The van der Waals surface area contributed by atoms with Crippen molar-refractivity contribution in [2.24, 2.45) is 7.05 Å². The van der Waals surface area contributed by atoms with Gasteiger partial charge >= 0.3 is 0 Å². The Morgan fingerprint density at radius 2 is 2.26 bits per heavy atom. The summed E-state index contributed by atoms with van der Waals surface area (Å²) in [5.41, 5.74) is -0.0663. The molecule has 0 spiro atoms. The van der Waals surface area contributed by atoms with Gasteiger partial charge in [-0.05, 0) is 17.8 Å². The molecule has 0 saturated heterocycles. The Labute approximate surface area is 117 Å². The number of nitro benzene ring substituents is 1. The fraction of sp³-hybridized carbons (Fsp3) is 0.200. The van der Waals surface area contributed by atoms with Crippen molar-refractivity contribution >= 4 is 29.1 Å². The summed E-state index contributed by atoms with van der Waals surface area (Å²) >= 11 is 7.21. The van der Waals surface area contributed by atoms with Gasteiger partial charge in [-0.3, -0.25) is 10.1 Å². The molecule has 0 unspecified atom stereocenters. The first-order chi connectivity index (χ1) is 9.02. The van der Waals surface area contributed by atoms with Crippen molar-refractivity contribution in [3.8, 4) is 0 Å². The normalized spacial score (nSPS) is 10.7. The van der Waals surface area contributed by atoms with Crippen LogP contribution < -0.4 is 0 Å². The summed E-state index contributed by atoms with van der Waals surface area (Å²) in [5, 5.41) is 28.1. The third-order valence-corrected chi connectivity index (χ3v) is 3.93. The largest absolute Gasteiger partial charge is 0.388 e. The minimum Gasteiger partial charge on any atom is -0.388 e. The summed E-state index contributed by atoms with van der Waals surface area (Å²) in [6.07, 6.45) is 0. The molecular weight excluding hydrogens is 292 g/mol. The first kappa shape index (κ1) is 13.8. The first-order valence-electron chi connectivity index (χ1n) is 5.14. The maximum Gasteiger partial charge on any atom is 0.270 e. The second-order valence-electron chi connectivity index (χ2n) is 3.59. The molecule has 7 nitrogen and oxygen atoms in total. The number of aliphatic hydroxyl groups excluding tert-OH is 1. The highest BCUT2D eigenvalue weighted by molar-refractivity contribution is 7.99. The molecule has 0 radical (unpaired) electrons. The van der Waals surface area contributed by atoms with Crippen molar-refractivity contribution in [2.75, 3.05) is 0 Å². The third-order valence-electron chi connectivity index (χ3n) is 2.39. The Kier molecular flexibility index (Phi) is 4.03. The molecule has 0 amide bonds. The molecule has 1 aromatic carbocycles. The van der Waals surface area contributed by atoms with E-state index in [1.165, 1.54) is 23.9 Å². The van der Waals surface area contributed by atoms with Gasteiger partial charge in [0.1, 0.15) is 6.61 Å². The second-order valence-corrected chi connectivity index (χ2v) is 5.01. The van der Waals surface area contributed by atoms with Crippen LogP contribution in [0.3, 0.4) is 0 Å². The van der Waals surface area contributed by atoms with Crippen molar-refractivity contribution in [3.63, 3.8) is 0 Å². The van der Waals surface area contributed by atoms with Crippen molar-refractivity contribution in [1.82, 2.24) is 14.8 Å². The number of nitrogens with zero attached hydrogens (tertiary/aromatic N) is 4. The van der Waals surface area contributed by atoms with Crippen LogP contribution in [0.15, 0.2) is 28.3 Å². The van der Waals surface area contributed by atoms with Gasteiger partial charge in [-0.15, -0.1) is 10.2 Å². The highest BCUT2D eigenvalue weighted by atomic mass is 35.5. The molecule has 0 aliphatic heterocycles. The zero-order chi connectivity index (χ0) is 14.0. The van der Waals surface area contributed by atoms with E-state index in [2.05, 4.69) is 10.2 Å². The molecule has 1 heterocycles. The number of halogens is 1. The highest BCUT2D eigenvalue weighted by Gasteiger charge is 2.14. The molecule has 1 N–H and O–H groups in total. The SMILES string of the molecule is Cn1c(CO)nnc1Sc1ccc([N+](=O)[O-])cc1Cl. The lowest BCUT2D eigenvalue weighted by Gasteiger charge is -2.04. The van der Waals surface area contributed by atoms with Crippen LogP contribution in [-0.2, 0) is 13.7 Å².